The summed E-state index contributed by atoms with van der Waals surface area (Å²) in [6.45, 7) is 5.24. The van der Waals surface area contributed by atoms with Crippen molar-refractivity contribution in [2.45, 2.75) is 180 Å². The molecule has 0 amide bonds. The Hall–Kier alpha value is -2.14. The molecule has 5 heteroatoms. The molecule has 0 bridgehead atoms. The zero-order chi connectivity index (χ0) is 34.2. The lowest BCUT2D eigenvalue weighted by Gasteiger charge is -2.08. The molecule has 0 spiro atoms. The van der Waals surface area contributed by atoms with Crippen molar-refractivity contribution in [3.63, 3.8) is 0 Å². The van der Waals surface area contributed by atoms with Crippen LogP contribution in [0.1, 0.15) is 168 Å². The largest absolute Gasteiger partial charge is 0.458 e. The highest BCUT2D eigenvalue weighted by Crippen LogP contribution is 2.39. The van der Waals surface area contributed by atoms with Crippen molar-refractivity contribution in [3.8, 4) is 0 Å². The average molecular weight is 656 g/mol. The van der Waals surface area contributed by atoms with E-state index in [1.54, 1.807) is 0 Å². The van der Waals surface area contributed by atoms with Gasteiger partial charge in [-0.15, -0.1) is 0 Å². The van der Waals surface area contributed by atoms with Gasteiger partial charge in [0, 0.05) is 19.4 Å². The second-order valence-corrected chi connectivity index (χ2v) is 13.8. The minimum Gasteiger partial charge on any atom is -0.458 e. The van der Waals surface area contributed by atoms with Gasteiger partial charge in [-0.1, -0.05) is 127 Å². The maximum absolute atomic E-state index is 12.5. The highest BCUT2D eigenvalue weighted by molar-refractivity contribution is 5.71. The summed E-state index contributed by atoms with van der Waals surface area (Å²) < 4.78 is 11.5. The van der Waals surface area contributed by atoms with E-state index >= 15 is 0 Å². The van der Waals surface area contributed by atoms with Gasteiger partial charge in [0.05, 0.1) is 5.92 Å². The fraction of sp³-hybridized carbons (Fsp3) is 0.762. The fourth-order valence-corrected chi connectivity index (χ4v) is 5.83. The highest BCUT2D eigenvalue weighted by Gasteiger charge is 2.56. The molecule has 1 rings (SSSR count). The van der Waals surface area contributed by atoms with Gasteiger partial charge < -0.3 is 14.4 Å². The predicted molar refractivity (Wildman–Crippen MR) is 201 cm³/mol. The van der Waals surface area contributed by atoms with Gasteiger partial charge in [-0.25, -0.2) is 0 Å². The van der Waals surface area contributed by atoms with Crippen LogP contribution in [0.2, 0.25) is 0 Å². The molecule has 0 aromatic rings. The van der Waals surface area contributed by atoms with Crippen molar-refractivity contribution in [2.24, 2.45) is 5.92 Å². The van der Waals surface area contributed by atoms with E-state index in [0.717, 1.165) is 70.8 Å². The Morgan fingerprint density at radius 1 is 0.489 bits per heavy atom. The fourth-order valence-electron chi connectivity index (χ4n) is 5.83. The number of hydrogen-bond donors (Lipinski definition) is 0. The number of carbonyl (C=O) groups is 2. The molecule has 0 N–H and O–H groups in total. The quantitative estimate of drug-likeness (QED) is 0.0410. The summed E-state index contributed by atoms with van der Waals surface area (Å²) in [5.41, 5.74) is 0. The molecule has 270 valence electrons. The average Bonchev–Trinajstić information content (AvgIpc) is 3.67. The zero-order valence-corrected chi connectivity index (χ0v) is 31.1. The van der Waals surface area contributed by atoms with Crippen LogP contribution >= 0.6 is 0 Å². The van der Waals surface area contributed by atoms with E-state index < -0.39 is 0 Å². The van der Waals surface area contributed by atoms with Crippen LogP contribution in [0, 0.1) is 5.92 Å². The number of hydrogen-bond acceptors (Lipinski definition) is 5. The molecule has 1 aliphatic carbocycles. The van der Waals surface area contributed by atoms with Gasteiger partial charge in [0.25, 0.3) is 0 Å². The second kappa shape index (κ2) is 31.1. The van der Waals surface area contributed by atoms with Gasteiger partial charge in [-0.2, -0.15) is 0 Å². The summed E-state index contributed by atoms with van der Waals surface area (Å²) in [4.78, 5) is 27.1. The maximum atomic E-state index is 12.5. The molecule has 5 nitrogen and oxygen atoms in total. The molecule has 0 radical (unpaired) electrons. The van der Waals surface area contributed by atoms with Crippen LogP contribution in [0.25, 0.3) is 0 Å². The maximum Gasteiger partial charge on any atom is 0.306 e. The molecule has 1 fully saturated rings. The number of unbranched alkanes of at least 4 members (excludes halogenated alkanes) is 16. The molecular weight excluding hydrogens is 582 g/mol. The number of nitrogens with zero attached hydrogens (tertiary/aromatic N) is 1. The molecular formula is C42H73NO4. The van der Waals surface area contributed by atoms with E-state index in [1.165, 1.54) is 77.0 Å². The molecule has 0 unspecified atom stereocenters. The minimum atomic E-state index is -0.295. The molecule has 1 aliphatic rings. The Kier molecular flexibility index (Phi) is 28.4. The summed E-state index contributed by atoms with van der Waals surface area (Å²) in [5, 5.41) is 0. The lowest BCUT2D eigenvalue weighted by atomic mass is 10.1. The predicted octanol–water partition coefficient (Wildman–Crippen LogP) is 11.6. The van der Waals surface area contributed by atoms with Gasteiger partial charge in [-0.3, -0.25) is 9.59 Å². The van der Waals surface area contributed by atoms with Crippen molar-refractivity contribution in [3.05, 3.63) is 48.6 Å². The molecule has 0 heterocycles. The Labute approximate surface area is 290 Å². The van der Waals surface area contributed by atoms with Gasteiger partial charge in [0.2, 0.25) is 0 Å². The van der Waals surface area contributed by atoms with E-state index in [0.29, 0.717) is 12.8 Å². The molecule has 0 saturated heterocycles. The first-order valence-corrected chi connectivity index (χ1v) is 19.6. The summed E-state index contributed by atoms with van der Waals surface area (Å²) >= 11 is 0. The van der Waals surface area contributed by atoms with E-state index in [1.807, 2.05) is 14.1 Å². The normalized spacial score (nSPS) is 18.0. The SMILES string of the molecule is CCCCC/C=C\C/C=C\CCCCCCCC(=O)O[C@@H]1[C@@H](CN(C)C)[C@@H]1OC(=O)CCCCCCC/C=C\C/C=C\CCCCC. The lowest BCUT2D eigenvalue weighted by molar-refractivity contribution is -0.152. The number of ether oxygens (including phenoxy) is 2. The standard InChI is InChI=1S/C42H73NO4/c1-5-7-9-11-13-15-17-19-21-23-25-27-29-31-33-35-39(44)46-41-38(37-43(3)4)42(41)47-40(45)36-34-32-30-28-26-24-22-20-18-16-14-12-10-8-6-2/h13-16,19-22,38,41-42H,5-12,17-18,23-37H2,1-4H3/b15-13-,16-14-,21-19-,22-20-/t38-,41-,42+. The monoisotopic (exact) mass is 656 g/mol. The molecule has 3 atom stereocenters. The zero-order valence-electron chi connectivity index (χ0n) is 31.1. The number of esters is 2. The molecule has 1 saturated carbocycles. The molecule has 0 aromatic carbocycles. The van der Waals surface area contributed by atoms with Crippen molar-refractivity contribution in [2.75, 3.05) is 20.6 Å². The van der Waals surface area contributed by atoms with Crippen molar-refractivity contribution in [1.29, 1.82) is 0 Å². The third-order valence-corrected chi connectivity index (χ3v) is 8.80. The lowest BCUT2D eigenvalue weighted by Crippen LogP contribution is -2.18. The first kappa shape index (κ1) is 42.9. The first-order valence-electron chi connectivity index (χ1n) is 19.6. The van der Waals surface area contributed by atoms with E-state index in [9.17, 15) is 9.59 Å². The van der Waals surface area contributed by atoms with Crippen LogP contribution in [0.3, 0.4) is 0 Å². The van der Waals surface area contributed by atoms with Crippen LogP contribution in [0.15, 0.2) is 48.6 Å². The van der Waals surface area contributed by atoms with E-state index in [2.05, 4.69) is 67.4 Å². The van der Waals surface area contributed by atoms with Gasteiger partial charge in [0.1, 0.15) is 12.2 Å². The summed E-state index contributed by atoms with van der Waals surface area (Å²) in [7, 11) is 4.00. The molecule has 0 aliphatic heterocycles. The van der Waals surface area contributed by atoms with Gasteiger partial charge >= 0.3 is 11.9 Å². The Bertz CT molecular complexity index is 808. The number of carbonyl (C=O) groups excluding carboxylic acids is 2. The number of rotatable bonds is 32. The van der Waals surface area contributed by atoms with E-state index in [4.69, 9.17) is 9.47 Å². The van der Waals surface area contributed by atoms with Gasteiger partial charge in [-0.05, 0) is 91.1 Å². The van der Waals surface area contributed by atoms with Crippen molar-refractivity contribution in [1.82, 2.24) is 4.90 Å². The van der Waals surface area contributed by atoms with Crippen LogP contribution in [-0.2, 0) is 19.1 Å². The molecule has 0 aromatic heterocycles. The minimum absolute atomic E-state index is 0.0760. The Balaban J connectivity index is 2.08. The second-order valence-electron chi connectivity index (χ2n) is 13.8. The summed E-state index contributed by atoms with van der Waals surface area (Å²) in [5.74, 6) is -0.236. The summed E-state index contributed by atoms with van der Waals surface area (Å²) in [6, 6.07) is 0. The van der Waals surface area contributed by atoms with Crippen LogP contribution < -0.4 is 0 Å². The number of allylic oxidation sites excluding steroid dienone is 8. The third-order valence-electron chi connectivity index (χ3n) is 8.80. The highest BCUT2D eigenvalue weighted by atomic mass is 16.6. The van der Waals surface area contributed by atoms with Crippen molar-refractivity contribution < 1.29 is 19.1 Å². The Morgan fingerprint density at radius 2 is 0.830 bits per heavy atom. The van der Waals surface area contributed by atoms with Crippen LogP contribution in [0.4, 0.5) is 0 Å². The van der Waals surface area contributed by atoms with Crippen molar-refractivity contribution >= 4 is 11.9 Å². The van der Waals surface area contributed by atoms with E-state index in [-0.39, 0.29) is 30.1 Å². The Morgan fingerprint density at radius 3 is 1.19 bits per heavy atom. The third kappa shape index (κ3) is 26.5. The summed E-state index contributed by atoms with van der Waals surface area (Å²) in [6.07, 6.45) is 44.2. The smallest absolute Gasteiger partial charge is 0.306 e. The van der Waals surface area contributed by atoms with Gasteiger partial charge in [0.15, 0.2) is 0 Å². The first-order chi connectivity index (χ1) is 23.0. The van der Waals surface area contributed by atoms with Crippen LogP contribution in [-0.4, -0.2) is 49.7 Å². The van der Waals surface area contributed by atoms with Crippen LogP contribution in [0.5, 0.6) is 0 Å². The topological polar surface area (TPSA) is 55.8 Å². The molecule has 47 heavy (non-hydrogen) atoms.